The summed E-state index contributed by atoms with van der Waals surface area (Å²) >= 11 is 0. The molecule has 4 N–H and O–H groups in total. The van der Waals surface area contributed by atoms with Crippen LogP contribution < -0.4 is 22.3 Å². The van der Waals surface area contributed by atoms with Crippen LogP contribution in [-0.4, -0.2) is 29.8 Å². The third-order valence-electron chi connectivity index (χ3n) is 2.87. The molecule has 1 heterocycles. The van der Waals surface area contributed by atoms with Gasteiger partial charge in [-0.25, -0.2) is 4.79 Å². The molecule has 114 valence electrons. The maximum absolute atomic E-state index is 11.8. The van der Waals surface area contributed by atoms with Gasteiger partial charge in [0.15, 0.2) is 0 Å². The predicted molar refractivity (Wildman–Crippen MR) is 80.1 cm³/mol. The molecule has 0 saturated carbocycles. The van der Waals surface area contributed by atoms with Gasteiger partial charge in [0, 0.05) is 20.2 Å². The lowest BCUT2D eigenvalue weighted by atomic mass is 10.2. The van der Waals surface area contributed by atoms with Gasteiger partial charge in [-0.15, -0.1) is 0 Å². The van der Waals surface area contributed by atoms with Crippen LogP contribution in [0.15, 0.2) is 9.59 Å². The standard InChI is InChI=1S/C13H24N4O3/c1-8(2)6-17-11(14)10(12(18)16-13(17)19)15-5-9(3)7-20-4/h8-9,15H,5-7,14H2,1-4H3,(H,16,18,19). The Hall–Kier alpha value is -1.76. The molecule has 7 nitrogen and oxygen atoms in total. The molecule has 1 aromatic rings. The first-order chi connectivity index (χ1) is 9.36. The lowest BCUT2D eigenvalue weighted by Crippen LogP contribution is -2.35. The van der Waals surface area contributed by atoms with Crippen LogP contribution in [0, 0.1) is 11.8 Å². The SMILES string of the molecule is COCC(C)CNc1c(N)n(CC(C)C)c(=O)[nH]c1=O. The molecule has 7 heteroatoms. The first kappa shape index (κ1) is 16.3. The minimum absolute atomic E-state index is 0.178. The van der Waals surface area contributed by atoms with Crippen molar-refractivity contribution in [1.82, 2.24) is 9.55 Å². The second kappa shape index (κ2) is 7.14. The van der Waals surface area contributed by atoms with Crippen LogP contribution in [0.3, 0.4) is 0 Å². The van der Waals surface area contributed by atoms with E-state index >= 15 is 0 Å². The van der Waals surface area contributed by atoms with E-state index < -0.39 is 11.2 Å². The quantitative estimate of drug-likeness (QED) is 0.675. The van der Waals surface area contributed by atoms with Gasteiger partial charge in [0.05, 0.1) is 6.61 Å². The number of aromatic amines is 1. The summed E-state index contributed by atoms with van der Waals surface area (Å²) in [6, 6.07) is 0. The third-order valence-corrected chi connectivity index (χ3v) is 2.87. The van der Waals surface area contributed by atoms with Crippen LogP contribution in [-0.2, 0) is 11.3 Å². The fourth-order valence-corrected chi connectivity index (χ4v) is 1.92. The van der Waals surface area contributed by atoms with E-state index in [1.54, 1.807) is 7.11 Å². The van der Waals surface area contributed by atoms with E-state index in [0.717, 1.165) is 0 Å². The Labute approximate surface area is 118 Å². The summed E-state index contributed by atoms with van der Waals surface area (Å²) in [5, 5.41) is 3.00. The van der Waals surface area contributed by atoms with E-state index in [9.17, 15) is 9.59 Å². The largest absolute Gasteiger partial charge is 0.384 e. The molecule has 1 atom stereocenters. The van der Waals surface area contributed by atoms with Crippen molar-refractivity contribution >= 4 is 11.5 Å². The highest BCUT2D eigenvalue weighted by atomic mass is 16.5. The molecule has 0 aliphatic carbocycles. The first-order valence-electron chi connectivity index (χ1n) is 6.72. The van der Waals surface area contributed by atoms with Crippen LogP contribution in [0.4, 0.5) is 11.5 Å². The fourth-order valence-electron chi connectivity index (χ4n) is 1.92. The average molecular weight is 284 g/mol. The van der Waals surface area contributed by atoms with Gasteiger partial charge >= 0.3 is 5.69 Å². The topological polar surface area (TPSA) is 102 Å². The van der Waals surface area contributed by atoms with Crippen molar-refractivity contribution in [2.24, 2.45) is 11.8 Å². The number of aromatic nitrogens is 2. The summed E-state index contributed by atoms with van der Waals surface area (Å²) in [5.41, 5.74) is 5.22. The highest BCUT2D eigenvalue weighted by molar-refractivity contribution is 5.60. The Morgan fingerprint density at radius 1 is 1.35 bits per heavy atom. The van der Waals surface area contributed by atoms with Crippen molar-refractivity contribution in [3.63, 3.8) is 0 Å². The zero-order valence-electron chi connectivity index (χ0n) is 12.5. The molecule has 1 rings (SSSR count). The van der Waals surface area contributed by atoms with Crippen LogP contribution in [0.1, 0.15) is 20.8 Å². The number of anilines is 2. The molecular weight excluding hydrogens is 260 g/mol. The molecule has 0 aliphatic rings. The normalized spacial score (nSPS) is 12.7. The van der Waals surface area contributed by atoms with Gasteiger partial charge in [-0.2, -0.15) is 0 Å². The Morgan fingerprint density at radius 2 is 2.00 bits per heavy atom. The Balaban J connectivity index is 3.01. The molecule has 1 unspecified atom stereocenters. The lowest BCUT2D eigenvalue weighted by Gasteiger charge is -2.17. The molecule has 0 amide bonds. The molecule has 20 heavy (non-hydrogen) atoms. The monoisotopic (exact) mass is 284 g/mol. The molecule has 1 aromatic heterocycles. The fraction of sp³-hybridized carbons (Fsp3) is 0.692. The number of nitrogens with one attached hydrogen (secondary N) is 2. The van der Waals surface area contributed by atoms with Crippen molar-refractivity contribution in [1.29, 1.82) is 0 Å². The van der Waals surface area contributed by atoms with Gasteiger partial charge in [0.25, 0.3) is 5.56 Å². The van der Waals surface area contributed by atoms with E-state index in [-0.39, 0.29) is 23.3 Å². The minimum atomic E-state index is -0.489. The summed E-state index contributed by atoms with van der Waals surface area (Å²) in [6.07, 6.45) is 0. The van der Waals surface area contributed by atoms with Crippen molar-refractivity contribution in [3.8, 4) is 0 Å². The number of H-pyrrole nitrogens is 1. The van der Waals surface area contributed by atoms with Gasteiger partial charge in [-0.1, -0.05) is 20.8 Å². The number of methoxy groups -OCH3 is 1. The van der Waals surface area contributed by atoms with Crippen LogP contribution in [0.2, 0.25) is 0 Å². The van der Waals surface area contributed by atoms with E-state index in [4.69, 9.17) is 10.5 Å². The smallest absolute Gasteiger partial charge is 0.330 e. The van der Waals surface area contributed by atoms with Crippen molar-refractivity contribution in [2.75, 3.05) is 31.3 Å². The van der Waals surface area contributed by atoms with Gasteiger partial charge in [-0.3, -0.25) is 14.3 Å². The average Bonchev–Trinajstić information content (AvgIpc) is 2.34. The minimum Gasteiger partial charge on any atom is -0.384 e. The molecular formula is C13H24N4O3. The Morgan fingerprint density at radius 3 is 2.55 bits per heavy atom. The van der Waals surface area contributed by atoms with E-state index in [1.165, 1.54) is 4.57 Å². The molecule has 0 aromatic carbocycles. The summed E-state index contributed by atoms with van der Waals surface area (Å²) in [5.74, 6) is 0.655. The van der Waals surface area contributed by atoms with E-state index in [0.29, 0.717) is 19.7 Å². The third kappa shape index (κ3) is 4.12. The molecule has 0 spiro atoms. The highest BCUT2D eigenvalue weighted by Gasteiger charge is 2.13. The number of nitrogens with two attached hydrogens (primary N) is 1. The van der Waals surface area contributed by atoms with Gasteiger partial charge in [0.2, 0.25) is 0 Å². The van der Waals surface area contributed by atoms with E-state index in [2.05, 4.69) is 10.3 Å². The zero-order chi connectivity index (χ0) is 15.3. The van der Waals surface area contributed by atoms with Crippen LogP contribution in [0.25, 0.3) is 0 Å². The Kier molecular flexibility index (Phi) is 5.82. The molecule has 0 aliphatic heterocycles. The maximum Gasteiger partial charge on any atom is 0.330 e. The maximum atomic E-state index is 11.8. The molecule has 0 radical (unpaired) electrons. The second-order valence-corrected chi connectivity index (χ2v) is 5.47. The van der Waals surface area contributed by atoms with Gasteiger partial charge in [-0.05, 0) is 11.8 Å². The summed E-state index contributed by atoms with van der Waals surface area (Å²) in [6.45, 7) is 7.53. The number of hydrogen-bond donors (Lipinski definition) is 3. The predicted octanol–water partition coefficient (Wildman–Crippen LogP) is 0.469. The Bertz CT molecular complexity index is 548. The number of nitrogen functional groups attached to an aromatic ring is 1. The number of rotatable bonds is 7. The second-order valence-electron chi connectivity index (χ2n) is 5.47. The zero-order valence-corrected chi connectivity index (χ0v) is 12.5. The van der Waals surface area contributed by atoms with Crippen molar-refractivity contribution < 1.29 is 4.74 Å². The van der Waals surface area contributed by atoms with E-state index in [1.807, 2.05) is 20.8 Å². The lowest BCUT2D eigenvalue weighted by molar-refractivity contribution is 0.164. The van der Waals surface area contributed by atoms with Gasteiger partial charge in [0.1, 0.15) is 11.5 Å². The summed E-state index contributed by atoms with van der Waals surface area (Å²) < 4.78 is 6.42. The van der Waals surface area contributed by atoms with Gasteiger partial charge < -0.3 is 15.8 Å². The highest BCUT2D eigenvalue weighted by Crippen LogP contribution is 2.12. The van der Waals surface area contributed by atoms with Crippen LogP contribution in [0.5, 0.6) is 0 Å². The molecule has 0 bridgehead atoms. The molecule has 0 fully saturated rings. The number of nitrogens with zero attached hydrogens (tertiary/aromatic N) is 1. The number of hydrogen-bond acceptors (Lipinski definition) is 5. The van der Waals surface area contributed by atoms with Crippen molar-refractivity contribution in [2.45, 2.75) is 27.3 Å². The summed E-state index contributed by atoms with van der Waals surface area (Å²) in [7, 11) is 1.63. The first-order valence-corrected chi connectivity index (χ1v) is 6.72. The summed E-state index contributed by atoms with van der Waals surface area (Å²) in [4.78, 5) is 25.9. The molecule has 0 saturated heterocycles. The van der Waals surface area contributed by atoms with Crippen molar-refractivity contribution in [3.05, 3.63) is 20.8 Å². The van der Waals surface area contributed by atoms with Crippen LogP contribution >= 0.6 is 0 Å². The number of ether oxygens (including phenoxy) is 1.